The first-order valence-electron chi connectivity index (χ1n) is 7.15. The first kappa shape index (κ1) is 15.1. The highest BCUT2D eigenvalue weighted by Crippen LogP contribution is 2.29. The quantitative estimate of drug-likeness (QED) is 0.852. The van der Waals surface area contributed by atoms with E-state index in [4.69, 9.17) is 0 Å². The fourth-order valence-electron chi connectivity index (χ4n) is 2.36. The van der Waals surface area contributed by atoms with Crippen LogP contribution in [0.5, 0.6) is 0 Å². The summed E-state index contributed by atoms with van der Waals surface area (Å²) in [6.07, 6.45) is 3.89. The smallest absolute Gasteiger partial charge is 0.0829 e. The van der Waals surface area contributed by atoms with E-state index in [2.05, 4.69) is 46.8 Å². The molecule has 20 heavy (non-hydrogen) atoms. The second-order valence-corrected chi connectivity index (χ2v) is 6.06. The maximum Gasteiger partial charge on any atom is 0.0829 e. The topological polar surface area (TPSA) is 55.6 Å². The Kier molecular flexibility index (Phi) is 5.25. The molecule has 0 saturated carbocycles. The molecule has 1 N–H and O–H groups in total. The Bertz CT molecular complexity index is 531. The molecule has 1 atom stereocenters. The number of aryl methyl sites for hydroxylation is 2. The van der Waals surface area contributed by atoms with Crippen LogP contribution in [0.15, 0.2) is 12.3 Å². The lowest BCUT2D eigenvalue weighted by molar-refractivity contribution is 0.506. The number of rotatable bonds is 7. The van der Waals surface area contributed by atoms with E-state index in [1.807, 2.05) is 17.9 Å². The third-order valence-electron chi connectivity index (χ3n) is 3.47. The fraction of sp³-hybridized carbons (Fsp3) is 0.643. The van der Waals surface area contributed by atoms with E-state index in [-0.39, 0.29) is 0 Å². The first-order valence-corrected chi connectivity index (χ1v) is 7.93. The van der Waals surface area contributed by atoms with Crippen molar-refractivity contribution in [1.29, 1.82) is 0 Å². The Morgan fingerprint density at radius 2 is 2.20 bits per heavy atom. The molecule has 0 amide bonds. The van der Waals surface area contributed by atoms with Crippen LogP contribution in [0, 0.1) is 0 Å². The van der Waals surface area contributed by atoms with Gasteiger partial charge < -0.3 is 5.32 Å². The van der Waals surface area contributed by atoms with Gasteiger partial charge in [0, 0.05) is 25.0 Å². The van der Waals surface area contributed by atoms with E-state index in [0.717, 1.165) is 25.1 Å². The van der Waals surface area contributed by atoms with E-state index in [1.54, 1.807) is 0 Å². The third kappa shape index (κ3) is 3.43. The summed E-state index contributed by atoms with van der Waals surface area (Å²) in [4.78, 5) is 1.28. The average molecular weight is 293 g/mol. The Labute approximate surface area is 124 Å². The Morgan fingerprint density at radius 3 is 2.80 bits per heavy atom. The van der Waals surface area contributed by atoms with Crippen molar-refractivity contribution < 1.29 is 0 Å². The minimum atomic E-state index is 0.326. The molecule has 0 saturated heterocycles. The van der Waals surface area contributed by atoms with Crippen LogP contribution >= 0.6 is 11.5 Å². The molecule has 110 valence electrons. The summed E-state index contributed by atoms with van der Waals surface area (Å²) in [6.45, 7) is 7.43. The largest absolute Gasteiger partial charge is 0.309 e. The van der Waals surface area contributed by atoms with Gasteiger partial charge in [0.15, 0.2) is 0 Å². The van der Waals surface area contributed by atoms with Crippen LogP contribution in [0.2, 0.25) is 0 Å². The molecule has 6 heteroatoms. The molecule has 0 aliphatic rings. The normalized spacial score (nSPS) is 13.1. The number of hydrogen-bond donors (Lipinski definition) is 1. The molecule has 2 rings (SSSR count). The monoisotopic (exact) mass is 293 g/mol. The van der Waals surface area contributed by atoms with E-state index >= 15 is 0 Å². The molecule has 0 aromatic carbocycles. The molecule has 2 heterocycles. The summed E-state index contributed by atoms with van der Waals surface area (Å²) >= 11 is 1.52. The minimum Gasteiger partial charge on any atom is -0.309 e. The molecule has 0 spiro atoms. The molecular formula is C14H23N5S. The van der Waals surface area contributed by atoms with Crippen molar-refractivity contribution in [2.45, 2.75) is 45.6 Å². The van der Waals surface area contributed by atoms with Crippen molar-refractivity contribution in [3.8, 4) is 0 Å². The molecule has 0 bridgehead atoms. The molecule has 0 fully saturated rings. The second-order valence-electron chi connectivity index (χ2n) is 5.27. The van der Waals surface area contributed by atoms with Gasteiger partial charge in [-0.15, -0.1) is 5.10 Å². The Balaban J connectivity index is 2.10. The summed E-state index contributed by atoms with van der Waals surface area (Å²) in [5.41, 5.74) is 2.39. The fourth-order valence-corrected chi connectivity index (χ4v) is 3.27. The van der Waals surface area contributed by atoms with Crippen LogP contribution in [0.3, 0.4) is 0 Å². The number of nitrogens with one attached hydrogen (secondary N) is 1. The van der Waals surface area contributed by atoms with Gasteiger partial charge in [0.25, 0.3) is 0 Å². The highest BCUT2D eigenvalue weighted by atomic mass is 32.1. The van der Waals surface area contributed by atoms with E-state index in [0.29, 0.717) is 12.0 Å². The summed E-state index contributed by atoms with van der Waals surface area (Å²) in [6, 6.07) is 2.41. The summed E-state index contributed by atoms with van der Waals surface area (Å²) < 4.78 is 6.08. The predicted molar refractivity (Wildman–Crippen MR) is 81.9 cm³/mol. The Morgan fingerprint density at radius 1 is 1.40 bits per heavy atom. The van der Waals surface area contributed by atoms with Gasteiger partial charge in [0.1, 0.15) is 0 Å². The maximum absolute atomic E-state index is 4.29. The number of aromatic nitrogens is 4. The molecule has 0 aliphatic heterocycles. The van der Waals surface area contributed by atoms with Crippen LogP contribution in [-0.4, -0.2) is 25.9 Å². The van der Waals surface area contributed by atoms with Gasteiger partial charge in [-0.2, -0.15) is 5.10 Å². The summed E-state index contributed by atoms with van der Waals surface area (Å²) in [5, 5.41) is 12.1. The van der Waals surface area contributed by atoms with Gasteiger partial charge in [0.05, 0.1) is 10.6 Å². The number of nitrogens with zero attached hydrogens (tertiary/aromatic N) is 4. The Hall–Kier alpha value is -1.27. The van der Waals surface area contributed by atoms with Crippen molar-refractivity contribution in [2.24, 2.45) is 7.05 Å². The maximum atomic E-state index is 4.29. The zero-order chi connectivity index (χ0) is 14.5. The number of hydrogen-bond acceptors (Lipinski definition) is 5. The predicted octanol–water partition coefficient (Wildman–Crippen LogP) is 2.68. The third-order valence-corrected chi connectivity index (χ3v) is 4.32. The van der Waals surface area contributed by atoms with Crippen molar-refractivity contribution in [1.82, 2.24) is 24.7 Å². The zero-order valence-electron chi connectivity index (χ0n) is 12.6. The average Bonchev–Trinajstić information content (AvgIpc) is 3.03. The lowest BCUT2D eigenvalue weighted by atomic mass is 10.0. The molecule has 2 aromatic heterocycles. The van der Waals surface area contributed by atoms with E-state index in [9.17, 15) is 0 Å². The van der Waals surface area contributed by atoms with E-state index < -0.39 is 0 Å². The molecule has 1 unspecified atom stereocenters. The van der Waals surface area contributed by atoms with Crippen LogP contribution in [-0.2, 0) is 13.5 Å². The van der Waals surface area contributed by atoms with Crippen LogP contribution in [0.25, 0.3) is 0 Å². The molecular weight excluding hydrogens is 270 g/mol. The van der Waals surface area contributed by atoms with Crippen molar-refractivity contribution in [2.75, 3.05) is 6.54 Å². The van der Waals surface area contributed by atoms with Gasteiger partial charge in [-0.3, -0.25) is 4.68 Å². The molecule has 2 aromatic rings. The van der Waals surface area contributed by atoms with Crippen molar-refractivity contribution >= 4 is 11.5 Å². The minimum absolute atomic E-state index is 0.326. The first-order chi connectivity index (χ1) is 9.63. The molecule has 0 aliphatic carbocycles. The SMILES string of the molecule is CCNC(CCc1ccnn1C)c1snnc1C(C)C. The van der Waals surface area contributed by atoms with Crippen LogP contribution in [0.1, 0.15) is 55.4 Å². The lowest BCUT2D eigenvalue weighted by Gasteiger charge is -2.18. The highest BCUT2D eigenvalue weighted by Gasteiger charge is 2.20. The lowest BCUT2D eigenvalue weighted by Crippen LogP contribution is -2.22. The van der Waals surface area contributed by atoms with Gasteiger partial charge in [-0.05, 0) is 42.9 Å². The van der Waals surface area contributed by atoms with E-state index in [1.165, 1.54) is 22.1 Å². The second kappa shape index (κ2) is 6.95. The van der Waals surface area contributed by atoms with Gasteiger partial charge in [-0.1, -0.05) is 25.3 Å². The van der Waals surface area contributed by atoms with Crippen LogP contribution < -0.4 is 5.32 Å². The zero-order valence-corrected chi connectivity index (χ0v) is 13.4. The summed E-state index contributed by atoms with van der Waals surface area (Å²) in [5.74, 6) is 0.418. The molecule has 5 nitrogen and oxygen atoms in total. The van der Waals surface area contributed by atoms with Crippen LogP contribution in [0.4, 0.5) is 0 Å². The molecule has 0 radical (unpaired) electrons. The van der Waals surface area contributed by atoms with Crippen molar-refractivity contribution in [3.63, 3.8) is 0 Å². The van der Waals surface area contributed by atoms with Gasteiger partial charge >= 0.3 is 0 Å². The summed E-state index contributed by atoms with van der Waals surface area (Å²) in [7, 11) is 1.99. The standard InChI is InChI=1S/C14H23N5S/c1-5-15-12(7-6-11-8-9-16-19(11)4)14-13(10(2)3)17-18-20-14/h8-10,12,15H,5-7H2,1-4H3. The highest BCUT2D eigenvalue weighted by molar-refractivity contribution is 7.05. The van der Waals surface area contributed by atoms with Crippen molar-refractivity contribution in [3.05, 3.63) is 28.5 Å². The van der Waals surface area contributed by atoms with Gasteiger partial charge in [-0.25, -0.2) is 0 Å². The van der Waals surface area contributed by atoms with Gasteiger partial charge in [0.2, 0.25) is 0 Å².